The highest BCUT2D eigenvalue weighted by molar-refractivity contribution is 7.99. The van der Waals surface area contributed by atoms with E-state index in [0.29, 0.717) is 10.9 Å². The molecule has 0 spiro atoms. The molecule has 1 heterocycles. The first-order chi connectivity index (χ1) is 13.8. The fraction of sp³-hybridized carbons (Fsp3) is 0.167. The predicted octanol–water partition coefficient (Wildman–Crippen LogP) is 5.08. The molecule has 0 fully saturated rings. The number of nitrogens with one attached hydrogen (secondary N) is 2. The topological polar surface area (TPSA) is 80.1 Å². The molecule has 6 nitrogen and oxygen atoms in total. The van der Waals surface area contributed by atoms with Gasteiger partial charge < -0.3 is 15.1 Å². The molecule has 0 saturated heterocycles. The zero-order chi connectivity index (χ0) is 20.9. The van der Waals surface area contributed by atoms with E-state index in [9.17, 15) is 18.0 Å². The van der Waals surface area contributed by atoms with Crippen molar-refractivity contribution in [2.24, 2.45) is 0 Å². The van der Waals surface area contributed by atoms with Crippen LogP contribution in [0.2, 0.25) is 5.02 Å². The van der Waals surface area contributed by atoms with E-state index >= 15 is 0 Å². The second kappa shape index (κ2) is 9.19. The molecule has 3 rings (SSSR count). The molecule has 0 bridgehead atoms. The summed E-state index contributed by atoms with van der Waals surface area (Å²) >= 11 is 6.88. The number of halogens is 4. The van der Waals surface area contributed by atoms with Crippen LogP contribution in [-0.4, -0.2) is 21.9 Å². The van der Waals surface area contributed by atoms with Crippen molar-refractivity contribution in [3.05, 3.63) is 65.0 Å². The van der Waals surface area contributed by atoms with Gasteiger partial charge in [0.15, 0.2) is 0 Å². The minimum atomic E-state index is -4.48. The lowest BCUT2D eigenvalue weighted by molar-refractivity contribution is -0.137. The molecule has 0 atom stereocenters. The summed E-state index contributed by atoms with van der Waals surface area (Å²) in [5.74, 6) is -0.281. The van der Waals surface area contributed by atoms with E-state index < -0.39 is 17.6 Å². The summed E-state index contributed by atoms with van der Waals surface area (Å²) in [5, 5.41) is 13.9. The Morgan fingerprint density at radius 1 is 1.10 bits per heavy atom. The van der Waals surface area contributed by atoms with Gasteiger partial charge in [-0.2, -0.15) is 13.2 Å². The third kappa shape index (κ3) is 6.40. The van der Waals surface area contributed by atoms with E-state index in [-0.39, 0.29) is 23.2 Å². The van der Waals surface area contributed by atoms with Crippen LogP contribution in [0.5, 0.6) is 0 Å². The minimum absolute atomic E-state index is 0.0577. The molecule has 0 aliphatic heterocycles. The molecule has 152 valence electrons. The number of alkyl halides is 3. The first-order valence-corrected chi connectivity index (χ1v) is 9.58. The monoisotopic (exact) mass is 442 g/mol. The first-order valence-electron chi connectivity index (χ1n) is 8.21. The van der Waals surface area contributed by atoms with E-state index in [1.165, 1.54) is 12.1 Å². The Morgan fingerprint density at radius 2 is 1.86 bits per heavy atom. The Hall–Kier alpha value is -2.72. The van der Waals surface area contributed by atoms with Crippen LogP contribution in [-0.2, 0) is 17.5 Å². The average Bonchev–Trinajstić information content (AvgIpc) is 3.12. The van der Waals surface area contributed by atoms with Gasteiger partial charge in [-0.25, -0.2) is 0 Å². The number of thioether (sulfide) groups is 1. The molecule has 3 aromatic rings. The van der Waals surface area contributed by atoms with E-state index in [0.717, 1.165) is 29.6 Å². The summed E-state index contributed by atoms with van der Waals surface area (Å²) in [7, 11) is 0. The Balaban J connectivity index is 1.48. The standard InChI is InChI=1S/C18H14ClF3N4O2S/c19-12-4-2-5-13(8-12)23-9-16-25-26-17(28-16)29-10-15(27)24-14-6-1-3-11(7-14)18(20,21)22/h1-8,23H,9-10H2,(H,24,27). The third-order valence-electron chi connectivity index (χ3n) is 3.52. The van der Waals surface area contributed by atoms with Gasteiger partial charge in [0.1, 0.15) is 0 Å². The fourth-order valence-corrected chi connectivity index (χ4v) is 3.01. The Labute approximate surface area is 172 Å². The van der Waals surface area contributed by atoms with Crippen LogP contribution in [0, 0.1) is 0 Å². The summed E-state index contributed by atoms with van der Waals surface area (Å²) in [6.07, 6.45) is -4.48. The number of rotatable bonds is 7. The van der Waals surface area contributed by atoms with Crippen molar-refractivity contribution in [2.45, 2.75) is 17.9 Å². The van der Waals surface area contributed by atoms with Gasteiger partial charge in [-0.05, 0) is 36.4 Å². The summed E-state index contributed by atoms with van der Waals surface area (Å²) in [6, 6.07) is 11.5. The third-order valence-corrected chi connectivity index (χ3v) is 4.57. The number of aromatic nitrogens is 2. The molecule has 0 aliphatic carbocycles. The minimum Gasteiger partial charge on any atom is -0.414 e. The normalized spacial score (nSPS) is 11.3. The number of amides is 1. The summed E-state index contributed by atoms with van der Waals surface area (Å²) in [5.41, 5.74) is 0.00410. The van der Waals surface area contributed by atoms with Crippen molar-refractivity contribution in [1.29, 1.82) is 0 Å². The van der Waals surface area contributed by atoms with Crippen molar-refractivity contribution in [3.63, 3.8) is 0 Å². The highest BCUT2D eigenvalue weighted by Gasteiger charge is 2.30. The van der Waals surface area contributed by atoms with Gasteiger partial charge in [-0.3, -0.25) is 4.79 Å². The van der Waals surface area contributed by atoms with Crippen LogP contribution in [0.25, 0.3) is 0 Å². The molecule has 0 saturated carbocycles. The zero-order valence-electron chi connectivity index (χ0n) is 14.7. The number of carbonyl (C=O) groups excluding carboxylic acids is 1. The summed E-state index contributed by atoms with van der Waals surface area (Å²) in [4.78, 5) is 12.0. The molecular weight excluding hydrogens is 429 g/mol. The Kier molecular flexibility index (Phi) is 6.65. The van der Waals surface area contributed by atoms with Crippen molar-refractivity contribution >= 4 is 40.6 Å². The molecule has 1 aromatic heterocycles. The summed E-state index contributed by atoms with van der Waals surface area (Å²) in [6.45, 7) is 0.268. The maximum Gasteiger partial charge on any atom is 0.416 e. The number of anilines is 2. The van der Waals surface area contributed by atoms with Gasteiger partial charge in [0.05, 0.1) is 17.9 Å². The molecule has 1 amide bonds. The lowest BCUT2D eigenvalue weighted by Gasteiger charge is -2.09. The van der Waals surface area contributed by atoms with E-state index in [4.69, 9.17) is 16.0 Å². The number of benzene rings is 2. The van der Waals surface area contributed by atoms with Gasteiger partial charge >= 0.3 is 6.18 Å². The highest BCUT2D eigenvalue weighted by atomic mass is 35.5. The maximum absolute atomic E-state index is 12.7. The second-order valence-electron chi connectivity index (χ2n) is 5.74. The maximum atomic E-state index is 12.7. The smallest absolute Gasteiger partial charge is 0.414 e. The van der Waals surface area contributed by atoms with Crippen molar-refractivity contribution in [3.8, 4) is 0 Å². The first kappa shape index (κ1) is 21.0. The summed E-state index contributed by atoms with van der Waals surface area (Å²) < 4.78 is 43.6. The van der Waals surface area contributed by atoms with E-state index in [2.05, 4.69) is 20.8 Å². The van der Waals surface area contributed by atoms with Gasteiger partial charge in [0.2, 0.25) is 11.8 Å². The average molecular weight is 443 g/mol. The van der Waals surface area contributed by atoms with Crippen LogP contribution < -0.4 is 10.6 Å². The van der Waals surface area contributed by atoms with Crippen LogP contribution in [0.15, 0.2) is 58.2 Å². The second-order valence-corrected chi connectivity index (χ2v) is 7.10. The predicted molar refractivity (Wildman–Crippen MR) is 104 cm³/mol. The van der Waals surface area contributed by atoms with Crippen LogP contribution >= 0.6 is 23.4 Å². The molecule has 2 N–H and O–H groups in total. The number of hydrogen-bond acceptors (Lipinski definition) is 6. The molecule has 0 aliphatic rings. The van der Waals surface area contributed by atoms with Crippen LogP contribution in [0.1, 0.15) is 11.5 Å². The van der Waals surface area contributed by atoms with Crippen LogP contribution in [0.3, 0.4) is 0 Å². The zero-order valence-corrected chi connectivity index (χ0v) is 16.2. The lowest BCUT2D eigenvalue weighted by Crippen LogP contribution is -2.15. The van der Waals surface area contributed by atoms with E-state index in [1.54, 1.807) is 18.2 Å². The fourth-order valence-electron chi connectivity index (χ4n) is 2.24. The number of nitrogens with zero attached hydrogens (tertiary/aromatic N) is 2. The Morgan fingerprint density at radius 3 is 2.62 bits per heavy atom. The molecule has 11 heteroatoms. The molecule has 2 aromatic carbocycles. The van der Waals surface area contributed by atoms with Gasteiger partial charge in [0, 0.05) is 16.4 Å². The quantitative estimate of drug-likeness (QED) is 0.496. The van der Waals surface area contributed by atoms with Gasteiger partial charge in [-0.15, -0.1) is 10.2 Å². The van der Waals surface area contributed by atoms with E-state index in [1.807, 2.05) is 6.07 Å². The van der Waals surface area contributed by atoms with Crippen LogP contribution in [0.4, 0.5) is 24.5 Å². The van der Waals surface area contributed by atoms with Crippen molar-refractivity contribution in [2.75, 3.05) is 16.4 Å². The Bertz CT molecular complexity index is 997. The highest BCUT2D eigenvalue weighted by Crippen LogP contribution is 2.30. The molecule has 29 heavy (non-hydrogen) atoms. The van der Waals surface area contributed by atoms with Gasteiger partial charge in [-0.1, -0.05) is 35.5 Å². The number of hydrogen-bond donors (Lipinski definition) is 2. The SMILES string of the molecule is O=C(CSc1nnc(CNc2cccc(Cl)c2)o1)Nc1cccc(C(F)(F)F)c1. The molecular formula is C18H14ClF3N4O2S. The molecule has 0 radical (unpaired) electrons. The van der Waals surface area contributed by atoms with Crippen molar-refractivity contribution in [1.82, 2.24) is 10.2 Å². The lowest BCUT2D eigenvalue weighted by atomic mass is 10.2. The largest absolute Gasteiger partial charge is 0.416 e. The number of carbonyl (C=O) groups is 1. The van der Waals surface area contributed by atoms with Gasteiger partial charge in [0.25, 0.3) is 5.22 Å². The van der Waals surface area contributed by atoms with Crippen molar-refractivity contribution < 1.29 is 22.4 Å². The molecule has 0 unspecified atom stereocenters.